The molecule has 1 aliphatic rings. The molecule has 0 unspecified atom stereocenters. The Kier molecular flexibility index (Phi) is 4.31. The molecular weight excluding hydrogens is 300 g/mol. The van der Waals surface area contributed by atoms with Gasteiger partial charge < -0.3 is 4.74 Å². The number of alkyl halides is 3. The molecule has 120 valence electrons. The average molecular weight is 316 g/mol. The molecule has 6 heteroatoms. The third-order valence-electron chi connectivity index (χ3n) is 3.99. The first-order chi connectivity index (χ1) is 10.1. The minimum absolute atomic E-state index is 0.0461. The van der Waals surface area contributed by atoms with E-state index < -0.39 is 35.2 Å². The summed E-state index contributed by atoms with van der Waals surface area (Å²) in [4.78, 5) is 12.0. The van der Waals surface area contributed by atoms with E-state index in [-0.39, 0.29) is 6.61 Å². The quantitative estimate of drug-likeness (QED) is 0.607. The number of allylic oxidation sites excluding steroid dienone is 2. The molecule has 0 spiro atoms. The minimum Gasteiger partial charge on any atom is -0.461 e. The lowest BCUT2D eigenvalue weighted by atomic mass is 10.1. The van der Waals surface area contributed by atoms with Gasteiger partial charge in [-0.2, -0.15) is 13.2 Å². The Morgan fingerprint density at radius 2 is 1.86 bits per heavy atom. The highest BCUT2D eigenvalue weighted by Crippen LogP contribution is 2.60. The van der Waals surface area contributed by atoms with Gasteiger partial charge in [-0.15, -0.1) is 0 Å². The van der Waals surface area contributed by atoms with Crippen LogP contribution >= 0.6 is 0 Å². The molecule has 0 aromatic heterocycles. The van der Waals surface area contributed by atoms with Crippen LogP contribution in [0.15, 0.2) is 42.2 Å². The van der Waals surface area contributed by atoms with Gasteiger partial charge in [0.2, 0.25) is 0 Å². The molecule has 0 amide bonds. The van der Waals surface area contributed by atoms with Gasteiger partial charge in [-0.3, -0.25) is 4.79 Å². The topological polar surface area (TPSA) is 26.3 Å². The number of carbonyl (C=O) groups is 1. The molecule has 2 nitrogen and oxygen atoms in total. The van der Waals surface area contributed by atoms with Gasteiger partial charge in [-0.05, 0) is 23.0 Å². The van der Waals surface area contributed by atoms with Crippen LogP contribution in [-0.2, 0) is 16.1 Å². The number of ether oxygens (including phenoxy) is 1. The summed E-state index contributed by atoms with van der Waals surface area (Å²) < 4.78 is 54.8. The van der Waals surface area contributed by atoms with Gasteiger partial charge >= 0.3 is 12.1 Å². The van der Waals surface area contributed by atoms with Crippen LogP contribution < -0.4 is 0 Å². The van der Waals surface area contributed by atoms with Crippen molar-refractivity contribution in [1.29, 1.82) is 0 Å². The Balaban J connectivity index is 1.99. The molecule has 0 bridgehead atoms. The lowest BCUT2D eigenvalue weighted by molar-refractivity contribution is -0.147. The van der Waals surface area contributed by atoms with E-state index in [1.165, 1.54) is 0 Å². The van der Waals surface area contributed by atoms with Gasteiger partial charge in [0.25, 0.3) is 0 Å². The number of carbonyl (C=O) groups excluding carboxylic acids is 1. The summed E-state index contributed by atoms with van der Waals surface area (Å²) in [5.74, 6) is -4.34. The third-order valence-corrected chi connectivity index (χ3v) is 3.99. The van der Waals surface area contributed by atoms with Crippen molar-refractivity contribution in [3.8, 4) is 0 Å². The lowest BCUT2D eigenvalue weighted by Gasteiger charge is -2.05. The van der Waals surface area contributed by atoms with Gasteiger partial charge in [0.15, 0.2) is 5.83 Å². The Bertz CT molecular complexity index is 576. The zero-order valence-electron chi connectivity index (χ0n) is 12.2. The summed E-state index contributed by atoms with van der Waals surface area (Å²) in [5, 5.41) is 0. The molecule has 0 heterocycles. The number of halogens is 4. The Labute approximate surface area is 125 Å². The van der Waals surface area contributed by atoms with Crippen molar-refractivity contribution in [3.63, 3.8) is 0 Å². The van der Waals surface area contributed by atoms with Crippen molar-refractivity contribution in [3.05, 3.63) is 47.8 Å². The summed E-state index contributed by atoms with van der Waals surface area (Å²) in [6, 6.07) is 8.93. The standard InChI is InChI=1S/C16H16F4O2/c1-15(2)11(8-12(17)16(18,19)20)13(15)14(21)22-9-10-6-4-3-5-7-10/h3-8,11,13H,9H2,1-2H3/b12-8-/t11-,13+/m0/s1. The van der Waals surface area contributed by atoms with E-state index in [1.54, 1.807) is 38.1 Å². The van der Waals surface area contributed by atoms with E-state index >= 15 is 0 Å². The van der Waals surface area contributed by atoms with Crippen LogP contribution in [0.3, 0.4) is 0 Å². The average Bonchev–Trinajstić information content (AvgIpc) is 2.97. The molecule has 1 aromatic carbocycles. The van der Waals surface area contributed by atoms with Gasteiger partial charge in [-0.1, -0.05) is 44.2 Å². The summed E-state index contributed by atoms with van der Waals surface area (Å²) in [6.07, 6.45) is -4.54. The maximum absolute atomic E-state index is 13.0. The van der Waals surface area contributed by atoms with Crippen LogP contribution in [0.1, 0.15) is 19.4 Å². The molecule has 0 aliphatic heterocycles. The van der Waals surface area contributed by atoms with Crippen LogP contribution in [-0.4, -0.2) is 12.1 Å². The minimum atomic E-state index is -5.02. The normalized spacial score (nSPS) is 24.0. The molecular formula is C16H16F4O2. The summed E-state index contributed by atoms with van der Waals surface area (Å²) >= 11 is 0. The maximum atomic E-state index is 13.0. The molecule has 2 atom stereocenters. The SMILES string of the molecule is CC1(C)[C@@H](/C=C(\F)C(F)(F)F)[C@@H]1C(=O)OCc1ccccc1. The first-order valence-corrected chi connectivity index (χ1v) is 6.79. The molecule has 1 aromatic rings. The zero-order chi connectivity index (χ0) is 16.5. The monoisotopic (exact) mass is 316 g/mol. The third kappa shape index (κ3) is 3.48. The summed E-state index contributed by atoms with van der Waals surface area (Å²) in [5.41, 5.74) is 0.0407. The fraction of sp³-hybridized carbons (Fsp3) is 0.438. The summed E-state index contributed by atoms with van der Waals surface area (Å²) in [7, 11) is 0. The smallest absolute Gasteiger partial charge is 0.442 e. The van der Waals surface area contributed by atoms with Crippen LogP contribution in [0.25, 0.3) is 0 Å². The molecule has 2 rings (SSSR count). The van der Waals surface area contributed by atoms with Gasteiger partial charge in [-0.25, -0.2) is 4.39 Å². The molecule has 1 aliphatic carbocycles. The zero-order valence-corrected chi connectivity index (χ0v) is 12.2. The molecule has 0 N–H and O–H groups in total. The number of hydrogen-bond acceptors (Lipinski definition) is 2. The predicted octanol–water partition coefficient (Wildman–Crippen LogP) is 4.42. The van der Waals surface area contributed by atoms with E-state index in [4.69, 9.17) is 4.74 Å². The number of hydrogen-bond donors (Lipinski definition) is 0. The maximum Gasteiger partial charge on any atom is 0.442 e. The number of rotatable bonds is 4. The highest BCUT2D eigenvalue weighted by Gasteiger charge is 2.62. The van der Waals surface area contributed by atoms with Crippen molar-refractivity contribution in [2.24, 2.45) is 17.3 Å². The van der Waals surface area contributed by atoms with Gasteiger partial charge in [0.1, 0.15) is 6.61 Å². The Hall–Kier alpha value is -1.85. The second-order valence-corrected chi connectivity index (χ2v) is 5.93. The van der Waals surface area contributed by atoms with E-state index in [2.05, 4.69) is 0 Å². The lowest BCUT2D eigenvalue weighted by Crippen LogP contribution is -2.11. The first kappa shape index (κ1) is 16.5. The second-order valence-electron chi connectivity index (χ2n) is 5.93. The van der Waals surface area contributed by atoms with Crippen LogP contribution in [0, 0.1) is 17.3 Å². The van der Waals surface area contributed by atoms with Crippen molar-refractivity contribution in [1.82, 2.24) is 0 Å². The second kappa shape index (κ2) is 5.74. The van der Waals surface area contributed by atoms with E-state index in [0.717, 1.165) is 5.56 Å². The highest BCUT2D eigenvalue weighted by molar-refractivity contribution is 5.78. The number of benzene rings is 1. The van der Waals surface area contributed by atoms with Crippen molar-refractivity contribution in [2.75, 3.05) is 0 Å². The Morgan fingerprint density at radius 3 is 2.41 bits per heavy atom. The number of esters is 1. The molecule has 1 fully saturated rings. The van der Waals surface area contributed by atoms with Crippen molar-refractivity contribution < 1.29 is 27.1 Å². The van der Waals surface area contributed by atoms with Gasteiger partial charge in [0.05, 0.1) is 5.92 Å². The predicted molar refractivity (Wildman–Crippen MR) is 72.2 cm³/mol. The van der Waals surface area contributed by atoms with E-state index in [9.17, 15) is 22.4 Å². The van der Waals surface area contributed by atoms with Crippen molar-refractivity contribution >= 4 is 5.97 Å². The van der Waals surface area contributed by atoms with Crippen LogP contribution in [0.4, 0.5) is 17.6 Å². The molecule has 0 saturated heterocycles. The molecule has 0 radical (unpaired) electrons. The highest BCUT2D eigenvalue weighted by atomic mass is 19.4. The van der Waals surface area contributed by atoms with Crippen LogP contribution in [0.2, 0.25) is 0 Å². The Morgan fingerprint density at radius 1 is 1.27 bits per heavy atom. The largest absolute Gasteiger partial charge is 0.461 e. The van der Waals surface area contributed by atoms with E-state index in [0.29, 0.717) is 6.08 Å². The van der Waals surface area contributed by atoms with Gasteiger partial charge in [0, 0.05) is 0 Å². The molecule has 22 heavy (non-hydrogen) atoms. The van der Waals surface area contributed by atoms with Crippen molar-refractivity contribution in [2.45, 2.75) is 26.6 Å². The fourth-order valence-corrected chi connectivity index (χ4v) is 2.51. The fourth-order valence-electron chi connectivity index (χ4n) is 2.51. The first-order valence-electron chi connectivity index (χ1n) is 6.79. The summed E-state index contributed by atoms with van der Waals surface area (Å²) in [6.45, 7) is 3.28. The molecule has 1 saturated carbocycles. The van der Waals surface area contributed by atoms with Crippen LogP contribution in [0.5, 0.6) is 0 Å². The van der Waals surface area contributed by atoms with E-state index in [1.807, 2.05) is 6.07 Å².